The van der Waals surface area contributed by atoms with Gasteiger partial charge in [0.05, 0.1) is 45.5 Å². The van der Waals surface area contributed by atoms with E-state index in [1.165, 1.54) is 42.6 Å². The number of nitrogens with two attached hydrogens (primary N) is 1. The van der Waals surface area contributed by atoms with E-state index in [9.17, 15) is 0 Å². The summed E-state index contributed by atoms with van der Waals surface area (Å²) in [6.45, 7) is 6.75. The summed E-state index contributed by atoms with van der Waals surface area (Å²) in [6, 6.07) is 5.99. The van der Waals surface area contributed by atoms with Crippen LogP contribution in [0.4, 0.5) is 11.4 Å². The van der Waals surface area contributed by atoms with Gasteiger partial charge in [-0.3, -0.25) is 0 Å². The lowest BCUT2D eigenvalue weighted by molar-refractivity contribution is -0.896. The Kier molecular flexibility index (Phi) is 3.27. The van der Waals surface area contributed by atoms with Gasteiger partial charge in [0.2, 0.25) is 0 Å². The lowest BCUT2D eigenvalue weighted by atomic mass is 10.2. The Balaban J connectivity index is 1.69. The first kappa shape index (κ1) is 12.6. The Morgan fingerprint density at radius 1 is 1.32 bits per heavy atom. The second-order valence-corrected chi connectivity index (χ2v) is 6.06. The molecule has 0 amide bonds. The largest absolute Gasteiger partial charge is 0.489 e. The van der Waals surface area contributed by atoms with E-state index in [1.807, 2.05) is 12.1 Å². The van der Waals surface area contributed by atoms with E-state index < -0.39 is 0 Å². The third-order valence-corrected chi connectivity index (χ3v) is 4.50. The van der Waals surface area contributed by atoms with Crippen molar-refractivity contribution in [3.63, 3.8) is 0 Å². The minimum absolute atomic E-state index is 0.764. The summed E-state index contributed by atoms with van der Waals surface area (Å²) in [6.07, 6.45) is 2.76. The number of quaternary nitrogens is 1. The van der Waals surface area contributed by atoms with Gasteiger partial charge in [0.15, 0.2) is 0 Å². The fraction of sp³-hybridized carbons (Fsp3) is 0.600. The van der Waals surface area contributed by atoms with Crippen molar-refractivity contribution in [3.05, 3.63) is 18.2 Å². The molecule has 0 bridgehead atoms. The average molecular weight is 262 g/mol. The van der Waals surface area contributed by atoms with Gasteiger partial charge in [0, 0.05) is 24.6 Å². The number of rotatable bonds is 3. The number of hydrogen-bond acceptors (Lipinski definition) is 3. The molecule has 0 spiro atoms. The zero-order chi connectivity index (χ0) is 13.3. The Labute approximate surface area is 115 Å². The lowest BCUT2D eigenvalue weighted by Gasteiger charge is -2.35. The predicted molar refractivity (Wildman–Crippen MR) is 78.6 cm³/mol. The summed E-state index contributed by atoms with van der Waals surface area (Å²) in [5.74, 6) is 0.940. The van der Waals surface area contributed by atoms with Crippen LogP contribution >= 0.6 is 0 Å². The van der Waals surface area contributed by atoms with Gasteiger partial charge < -0.3 is 19.9 Å². The predicted octanol–water partition coefficient (Wildman–Crippen LogP) is 1.71. The first-order chi connectivity index (χ1) is 9.16. The molecule has 0 saturated carbocycles. The van der Waals surface area contributed by atoms with Gasteiger partial charge in [-0.1, -0.05) is 0 Å². The van der Waals surface area contributed by atoms with E-state index in [1.54, 1.807) is 0 Å². The van der Waals surface area contributed by atoms with Crippen LogP contribution in [0.25, 0.3) is 0 Å². The summed E-state index contributed by atoms with van der Waals surface area (Å²) in [5.41, 5.74) is 7.80. The molecule has 0 radical (unpaired) electrons. The summed E-state index contributed by atoms with van der Waals surface area (Å²) in [7, 11) is 2.39. The Morgan fingerprint density at radius 3 is 2.89 bits per heavy atom. The molecule has 2 heterocycles. The first-order valence-electron chi connectivity index (χ1n) is 7.27. The number of benzene rings is 1. The standard InChI is InChI=1S/C15H24N3O/c1-18(8-2-3-9-18)10-6-17-7-11-19-15-12-13(16)4-5-14(15)17/h4-5,12H,2-3,6-11,16H2,1H3/q+1. The zero-order valence-electron chi connectivity index (χ0n) is 11.8. The van der Waals surface area contributed by atoms with Crippen molar-refractivity contribution in [3.8, 4) is 5.75 Å². The summed E-state index contributed by atoms with van der Waals surface area (Å²) in [5, 5.41) is 0. The number of fused-ring (bicyclic) bond motifs is 1. The minimum Gasteiger partial charge on any atom is -0.489 e. The van der Waals surface area contributed by atoms with Crippen molar-refractivity contribution in [1.29, 1.82) is 0 Å². The van der Waals surface area contributed by atoms with Crippen molar-refractivity contribution >= 4 is 11.4 Å². The summed E-state index contributed by atoms with van der Waals surface area (Å²) >= 11 is 0. The van der Waals surface area contributed by atoms with E-state index in [0.717, 1.165) is 31.1 Å². The highest BCUT2D eigenvalue weighted by Gasteiger charge is 2.28. The van der Waals surface area contributed by atoms with Crippen molar-refractivity contribution < 1.29 is 9.22 Å². The highest BCUT2D eigenvalue weighted by molar-refractivity contribution is 5.65. The highest BCUT2D eigenvalue weighted by atomic mass is 16.5. The molecule has 1 aromatic carbocycles. The number of likely N-dealkylation sites (N-methyl/N-ethyl adjacent to an activating group) is 1. The summed E-state index contributed by atoms with van der Waals surface area (Å²) in [4.78, 5) is 2.44. The van der Waals surface area contributed by atoms with E-state index in [0.29, 0.717) is 0 Å². The maximum atomic E-state index is 5.82. The number of hydrogen-bond donors (Lipinski definition) is 1. The summed E-state index contributed by atoms with van der Waals surface area (Å²) < 4.78 is 6.93. The zero-order valence-corrected chi connectivity index (χ0v) is 11.8. The number of anilines is 2. The van der Waals surface area contributed by atoms with Gasteiger partial charge in [-0.15, -0.1) is 0 Å². The second-order valence-electron chi connectivity index (χ2n) is 6.06. The molecule has 0 aromatic heterocycles. The molecule has 0 aliphatic carbocycles. The van der Waals surface area contributed by atoms with E-state index >= 15 is 0 Å². The smallest absolute Gasteiger partial charge is 0.144 e. The normalized spacial score (nSPS) is 21.0. The Hall–Kier alpha value is -1.42. The second kappa shape index (κ2) is 4.93. The maximum Gasteiger partial charge on any atom is 0.144 e. The minimum atomic E-state index is 0.764. The molecule has 4 nitrogen and oxygen atoms in total. The van der Waals surface area contributed by atoms with E-state index in [2.05, 4.69) is 18.0 Å². The van der Waals surface area contributed by atoms with E-state index in [-0.39, 0.29) is 0 Å². The Bertz CT molecular complexity index is 455. The van der Waals surface area contributed by atoms with E-state index in [4.69, 9.17) is 10.5 Å². The number of likely N-dealkylation sites (tertiary alicyclic amines) is 1. The topological polar surface area (TPSA) is 38.5 Å². The molecule has 2 aliphatic rings. The van der Waals surface area contributed by atoms with Gasteiger partial charge >= 0.3 is 0 Å². The van der Waals surface area contributed by atoms with Crippen LogP contribution in [0.3, 0.4) is 0 Å². The van der Waals surface area contributed by atoms with Gasteiger partial charge in [0.25, 0.3) is 0 Å². The van der Waals surface area contributed by atoms with Crippen LogP contribution in [0.5, 0.6) is 5.75 Å². The SMILES string of the molecule is C[N+]1(CCN2CCOc3cc(N)ccc32)CCCC1. The molecule has 19 heavy (non-hydrogen) atoms. The average Bonchev–Trinajstić information content (AvgIpc) is 2.83. The van der Waals surface area contributed by atoms with Crippen molar-refractivity contribution in [2.45, 2.75) is 12.8 Å². The third kappa shape index (κ3) is 2.63. The van der Waals surface area contributed by atoms with Crippen LogP contribution < -0.4 is 15.4 Å². The maximum absolute atomic E-state index is 5.82. The van der Waals surface area contributed by atoms with Crippen LogP contribution in [0.2, 0.25) is 0 Å². The molecule has 1 aromatic rings. The van der Waals surface area contributed by atoms with Crippen molar-refractivity contribution in [2.24, 2.45) is 0 Å². The van der Waals surface area contributed by atoms with Gasteiger partial charge in [-0.2, -0.15) is 0 Å². The first-order valence-corrected chi connectivity index (χ1v) is 7.27. The fourth-order valence-electron chi connectivity index (χ4n) is 3.21. The van der Waals surface area contributed by atoms with Gasteiger partial charge in [0.1, 0.15) is 12.4 Å². The molecule has 2 N–H and O–H groups in total. The third-order valence-electron chi connectivity index (χ3n) is 4.50. The molecule has 2 aliphatic heterocycles. The number of ether oxygens (including phenoxy) is 1. The molecule has 1 saturated heterocycles. The van der Waals surface area contributed by atoms with Crippen LogP contribution in [-0.4, -0.2) is 50.9 Å². The lowest BCUT2D eigenvalue weighted by Crippen LogP contribution is -2.47. The monoisotopic (exact) mass is 262 g/mol. The molecular weight excluding hydrogens is 238 g/mol. The molecule has 0 atom stereocenters. The molecule has 4 heteroatoms. The molecule has 0 unspecified atom stereocenters. The van der Waals surface area contributed by atoms with Crippen LogP contribution in [0, 0.1) is 0 Å². The fourth-order valence-corrected chi connectivity index (χ4v) is 3.21. The number of nitrogen functional groups attached to an aromatic ring is 1. The molecule has 1 fully saturated rings. The van der Waals surface area contributed by atoms with Crippen molar-refractivity contribution in [1.82, 2.24) is 0 Å². The number of nitrogens with zero attached hydrogens (tertiary/aromatic N) is 2. The molecule has 104 valence electrons. The van der Waals surface area contributed by atoms with Crippen molar-refractivity contribution in [2.75, 3.05) is 57.0 Å². The van der Waals surface area contributed by atoms with Crippen LogP contribution in [0.1, 0.15) is 12.8 Å². The molecular formula is C15H24N3O+. The molecule has 3 rings (SSSR count). The quantitative estimate of drug-likeness (QED) is 0.666. The van der Waals surface area contributed by atoms with Gasteiger partial charge in [-0.05, 0) is 12.1 Å². The highest BCUT2D eigenvalue weighted by Crippen LogP contribution is 2.33. The Morgan fingerprint density at radius 2 is 2.11 bits per heavy atom. The van der Waals surface area contributed by atoms with Crippen LogP contribution in [0.15, 0.2) is 18.2 Å². The van der Waals surface area contributed by atoms with Crippen LogP contribution in [-0.2, 0) is 0 Å². The van der Waals surface area contributed by atoms with Gasteiger partial charge in [-0.25, -0.2) is 0 Å².